The fraction of sp³-hybridized carbons (Fsp3) is 0.444. The van der Waals surface area contributed by atoms with Crippen LogP contribution in [0.2, 0.25) is 0 Å². The van der Waals surface area contributed by atoms with Crippen LogP contribution < -0.4 is 0 Å². The second kappa shape index (κ2) is 5.98. The van der Waals surface area contributed by atoms with E-state index >= 15 is 0 Å². The van der Waals surface area contributed by atoms with Crippen LogP contribution in [0.5, 0.6) is 0 Å². The van der Waals surface area contributed by atoms with Crippen molar-refractivity contribution in [2.45, 2.75) is 32.6 Å². The van der Waals surface area contributed by atoms with E-state index in [4.69, 9.17) is 0 Å². The number of aromatic nitrogens is 5. The second-order valence-corrected chi connectivity index (χ2v) is 6.83. The van der Waals surface area contributed by atoms with Crippen molar-refractivity contribution in [2.75, 3.05) is 13.1 Å². The molecule has 3 aromatic heterocycles. The predicted octanol–water partition coefficient (Wildman–Crippen LogP) is 2.10. The highest BCUT2D eigenvalue weighted by atomic mass is 16.2. The Morgan fingerprint density at radius 2 is 2.12 bits per heavy atom. The lowest BCUT2D eigenvalue weighted by molar-refractivity contribution is 0.0697. The van der Waals surface area contributed by atoms with Gasteiger partial charge in [0.2, 0.25) is 0 Å². The number of nitrogens with zero attached hydrogens (tertiary/aromatic N) is 6. The van der Waals surface area contributed by atoms with Crippen LogP contribution in [0.4, 0.5) is 0 Å². The van der Waals surface area contributed by atoms with E-state index < -0.39 is 0 Å². The Balaban J connectivity index is 1.60. The van der Waals surface area contributed by atoms with E-state index in [2.05, 4.69) is 15.1 Å². The summed E-state index contributed by atoms with van der Waals surface area (Å²) in [5.74, 6) is 1.29. The van der Waals surface area contributed by atoms with Crippen LogP contribution in [0.1, 0.15) is 46.5 Å². The number of hydrogen-bond donors (Lipinski definition) is 0. The standard InChI is InChI=1S/C18H22N6O/c1-12-9-13(2)24-16(20-12)10-15(21-24)18(25)23-7-4-5-14(11-23)17-19-6-8-22(17)3/h6,8-10,14H,4-5,7,11H2,1-3H3. The highest BCUT2D eigenvalue weighted by Crippen LogP contribution is 2.26. The Labute approximate surface area is 146 Å². The lowest BCUT2D eigenvalue weighted by Crippen LogP contribution is -2.39. The van der Waals surface area contributed by atoms with Gasteiger partial charge in [0.15, 0.2) is 11.3 Å². The van der Waals surface area contributed by atoms with Crippen LogP contribution in [0, 0.1) is 13.8 Å². The van der Waals surface area contributed by atoms with Gasteiger partial charge in [-0.1, -0.05) is 0 Å². The molecular weight excluding hydrogens is 316 g/mol. The first kappa shape index (κ1) is 15.8. The molecule has 3 aromatic rings. The molecule has 0 radical (unpaired) electrons. The molecule has 0 bridgehead atoms. The number of rotatable bonds is 2. The van der Waals surface area contributed by atoms with E-state index in [9.17, 15) is 4.79 Å². The maximum Gasteiger partial charge on any atom is 0.274 e. The molecule has 0 saturated carbocycles. The molecule has 1 amide bonds. The van der Waals surface area contributed by atoms with Gasteiger partial charge in [-0.05, 0) is 32.8 Å². The zero-order chi connectivity index (χ0) is 17.6. The van der Waals surface area contributed by atoms with Gasteiger partial charge >= 0.3 is 0 Å². The minimum absolute atomic E-state index is 0.0264. The lowest BCUT2D eigenvalue weighted by Gasteiger charge is -2.32. The maximum absolute atomic E-state index is 13.0. The molecule has 1 saturated heterocycles. The van der Waals surface area contributed by atoms with Crippen molar-refractivity contribution >= 4 is 11.6 Å². The first-order valence-electron chi connectivity index (χ1n) is 8.63. The van der Waals surface area contributed by atoms with Gasteiger partial charge in [0, 0.05) is 55.9 Å². The lowest BCUT2D eigenvalue weighted by atomic mass is 9.97. The summed E-state index contributed by atoms with van der Waals surface area (Å²) in [6.07, 6.45) is 5.80. The average Bonchev–Trinajstić information content (AvgIpc) is 3.20. The summed E-state index contributed by atoms with van der Waals surface area (Å²) >= 11 is 0. The monoisotopic (exact) mass is 338 g/mol. The number of likely N-dealkylation sites (tertiary alicyclic amines) is 1. The average molecular weight is 338 g/mol. The van der Waals surface area contributed by atoms with Gasteiger partial charge in [-0.3, -0.25) is 4.79 Å². The topological polar surface area (TPSA) is 68.3 Å². The maximum atomic E-state index is 13.0. The summed E-state index contributed by atoms with van der Waals surface area (Å²) < 4.78 is 3.78. The van der Waals surface area contributed by atoms with Gasteiger partial charge in [-0.15, -0.1) is 0 Å². The number of piperidine rings is 1. The van der Waals surface area contributed by atoms with E-state index in [1.54, 1.807) is 10.6 Å². The van der Waals surface area contributed by atoms with Crippen molar-refractivity contribution in [3.05, 3.63) is 47.4 Å². The van der Waals surface area contributed by atoms with Crippen LogP contribution in [-0.2, 0) is 7.05 Å². The minimum atomic E-state index is -0.0264. The molecule has 1 fully saturated rings. The smallest absolute Gasteiger partial charge is 0.274 e. The molecule has 4 rings (SSSR count). The molecule has 7 nitrogen and oxygen atoms in total. The molecule has 7 heteroatoms. The summed E-state index contributed by atoms with van der Waals surface area (Å²) in [6, 6.07) is 3.75. The van der Waals surface area contributed by atoms with Crippen molar-refractivity contribution in [2.24, 2.45) is 7.05 Å². The fourth-order valence-corrected chi connectivity index (χ4v) is 3.70. The molecule has 25 heavy (non-hydrogen) atoms. The third kappa shape index (κ3) is 2.79. The highest BCUT2D eigenvalue weighted by Gasteiger charge is 2.28. The Hall–Kier alpha value is -2.70. The van der Waals surface area contributed by atoms with Crippen molar-refractivity contribution in [1.29, 1.82) is 0 Å². The van der Waals surface area contributed by atoms with E-state index in [0.29, 0.717) is 12.2 Å². The first-order valence-corrected chi connectivity index (χ1v) is 8.63. The van der Waals surface area contributed by atoms with Crippen molar-refractivity contribution < 1.29 is 4.79 Å². The largest absolute Gasteiger partial charge is 0.338 e. The van der Waals surface area contributed by atoms with Crippen molar-refractivity contribution in [3.63, 3.8) is 0 Å². The number of carbonyl (C=O) groups is 1. The van der Waals surface area contributed by atoms with E-state index in [-0.39, 0.29) is 11.8 Å². The van der Waals surface area contributed by atoms with Gasteiger partial charge in [0.1, 0.15) is 5.82 Å². The molecule has 1 atom stereocenters. The molecule has 0 N–H and O–H groups in total. The van der Waals surface area contributed by atoms with Gasteiger partial charge < -0.3 is 9.47 Å². The van der Waals surface area contributed by atoms with Gasteiger partial charge in [0.05, 0.1) is 0 Å². The summed E-state index contributed by atoms with van der Waals surface area (Å²) in [5, 5.41) is 4.48. The fourth-order valence-electron chi connectivity index (χ4n) is 3.70. The Morgan fingerprint density at radius 3 is 2.88 bits per heavy atom. The highest BCUT2D eigenvalue weighted by molar-refractivity contribution is 5.93. The summed E-state index contributed by atoms with van der Waals surface area (Å²) in [5.41, 5.74) is 3.09. The Kier molecular flexibility index (Phi) is 3.78. The molecule has 4 heterocycles. The van der Waals surface area contributed by atoms with Crippen LogP contribution in [0.25, 0.3) is 5.65 Å². The third-order valence-corrected chi connectivity index (χ3v) is 4.88. The minimum Gasteiger partial charge on any atom is -0.338 e. The second-order valence-electron chi connectivity index (χ2n) is 6.83. The summed E-state index contributed by atoms with van der Waals surface area (Å²) in [6.45, 7) is 5.37. The number of fused-ring (bicyclic) bond motifs is 1. The Bertz CT molecular complexity index is 940. The molecule has 1 aliphatic heterocycles. The van der Waals surface area contributed by atoms with Crippen LogP contribution in [-0.4, -0.2) is 48.0 Å². The predicted molar refractivity (Wildman–Crippen MR) is 93.5 cm³/mol. The number of amides is 1. The number of carbonyl (C=O) groups excluding carboxylic acids is 1. The molecule has 0 aromatic carbocycles. The summed E-state index contributed by atoms with van der Waals surface area (Å²) in [4.78, 5) is 23.8. The normalized spacial score (nSPS) is 18.0. The zero-order valence-electron chi connectivity index (χ0n) is 14.8. The van der Waals surface area contributed by atoms with Crippen molar-refractivity contribution in [3.8, 4) is 0 Å². The number of imidazole rings is 1. The van der Waals surface area contributed by atoms with Gasteiger partial charge in [-0.25, -0.2) is 14.5 Å². The zero-order valence-corrected chi connectivity index (χ0v) is 14.8. The molecule has 0 aliphatic carbocycles. The van der Waals surface area contributed by atoms with Gasteiger partial charge in [0.25, 0.3) is 5.91 Å². The van der Waals surface area contributed by atoms with E-state index in [1.165, 1.54) is 0 Å². The van der Waals surface area contributed by atoms with Crippen LogP contribution in [0.3, 0.4) is 0 Å². The molecule has 0 spiro atoms. The SMILES string of the molecule is Cc1cc(C)n2nc(C(=O)N3CCCC(c4nccn4C)C3)cc2n1. The van der Waals surface area contributed by atoms with Crippen molar-refractivity contribution in [1.82, 2.24) is 29.0 Å². The summed E-state index contributed by atoms with van der Waals surface area (Å²) in [7, 11) is 2.00. The molecule has 130 valence electrons. The van der Waals surface area contributed by atoms with Crippen LogP contribution >= 0.6 is 0 Å². The van der Waals surface area contributed by atoms with E-state index in [0.717, 1.165) is 42.2 Å². The van der Waals surface area contributed by atoms with Crippen LogP contribution in [0.15, 0.2) is 24.5 Å². The third-order valence-electron chi connectivity index (χ3n) is 4.88. The number of aryl methyl sites for hydroxylation is 3. The Morgan fingerprint density at radius 1 is 1.28 bits per heavy atom. The molecular formula is C18H22N6O. The molecule has 1 aliphatic rings. The van der Waals surface area contributed by atoms with E-state index in [1.807, 2.05) is 48.8 Å². The molecule has 1 unspecified atom stereocenters. The van der Waals surface area contributed by atoms with Gasteiger partial charge in [-0.2, -0.15) is 5.10 Å². The first-order chi connectivity index (χ1) is 12.0. The number of hydrogen-bond acceptors (Lipinski definition) is 4. The quantitative estimate of drug-likeness (QED) is 0.717.